The van der Waals surface area contributed by atoms with Gasteiger partial charge in [-0.05, 0) is 37.5 Å². The molecule has 1 aliphatic heterocycles. The highest BCUT2D eigenvalue weighted by molar-refractivity contribution is 5.84. The fourth-order valence-corrected chi connectivity index (χ4v) is 2.60. The first-order valence-corrected chi connectivity index (χ1v) is 7.36. The number of nitrogens with zero attached hydrogens (tertiary/aromatic N) is 1. The maximum atomic E-state index is 12.3. The quantitative estimate of drug-likeness (QED) is 0.780. The van der Waals surface area contributed by atoms with E-state index >= 15 is 0 Å². The van der Waals surface area contributed by atoms with Gasteiger partial charge in [-0.3, -0.25) is 10.1 Å². The highest BCUT2D eigenvalue weighted by Crippen LogP contribution is 2.27. The molecule has 1 aromatic rings. The van der Waals surface area contributed by atoms with E-state index in [4.69, 9.17) is 9.47 Å². The van der Waals surface area contributed by atoms with Crippen LogP contribution in [0.15, 0.2) is 24.3 Å². The highest BCUT2D eigenvalue weighted by Gasteiger charge is 2.36. The molecular weight excluding hydrogens is 268 g/mol. The Morgan fingerprint density at radius 3 is 2.52 bits per heavy atom. The Labute approximate surface area is 126 Å². The smallest absolute Gasteiger partial charge is 0.241 e. The SMILES string of the molecule is COCCCCN1C(=O)C(C)NC1c1ccc(OC)cc1. The molecule has 116 valence electrons. The first kappa shape index (κ1) is 15.8. The average molecular weight is 292 g/mol. The number of hydrogen-bond donors (Lipinski definition) is 1. The molecule has 5 nitrogen and oxygen atoms in total. The van der Waals surface area contributed by atoms with Gasteiger partial charge in [-0.1, -0.05) is 12.1 Å². The topological polar surface area (TPSA) is 50.8 Å². The zero-order chi connectivity index (χ0) is 15.2. The molecule has 0 radical (unpaired) electrons. The molecule has 21 heavy (non-hydrogen) atoms. The van der Waals surface area contributed by atoms with Gasteiger partial charge in [0.15, 0.2) is 0 Å². The van der Waals surface area contributed by atoms with Crippen molar-refractivity contribution < 1.29 is 14.3 Å². The second-order valence-electron chi connectivity index (χ2n) is 5.30. The van der Waals surface area contributed by atoms with Crippen molar-refractivity contribution in [3.05, 3.63) is 29.8 Å². The number of methoxy groups -OCH3 is 2. The molecule has 1 aliphatic rings. The van der Waals surface area contributed by atoms with Crippen LogP contribution in [0.5, 0.6) is 5.75 Å². The molecule has 0 saturated carbocycles. The van der Waals surface area contributed by atoms with Gasteiger partial charge in [0, 0.05) is 20.3 Å². The van der Waals surface area contributed by atoms with Crippen molar-refractivity contribution in [3.8, 4) is 5.75 Å². The second kappa shape index (κ2) is 7.43. The maximum absolute atomic E-state index is 12.3. The number of benzene rings is 1. The van der Waals surface area contributed by atoms with Crippen LogP contribution in [0.25, 0.3) is 0 Å². The monoisotopic (exact) mass is 292 g/mol. The summed E-state index contributed by atoms with van der Waals surface area (Å²) in [5.41, 5.74) is 1.08. The van der Waals surface area contributed by atoms with Crippen LogP contribution in [0, 0.1) is 0 Å². The van der Waals surface area contributed by atoms with Crippen molar-refractivity contribution in [2.24, 2.45) is 0 Å². The van der Waals surface area contributed by atoms with E-state index in [1.165, 1.54) is 0 Å². The third-order valence-electron chi connectivity index (χ3n) is 3.80. The van der Waals surface area contributed by atoms with Crippen LogP contribution in [-0.4, -0.2) is 44.2 Å². The molecule has 1 N–H and O–H groups in total. The summed E-state index contributed by atoms with van der Waals surface area (Å²) in [5.74, 6) is 0.982. The largest absolute Gasteiger partial charge is 0.497 e. The molecule has 2 atom stereocenters. The Morgan fingerprint density at radius 1 is 1.19 bits per heavy atom. The molecule has 1 fully saturated rings. The summed E-state index contributed by atoms with van der Waals surface area (Å²) in [6, 6.07) is 7.72. The Bertz CT molecular complexity index is 461. The van der Waals surface area contributed by atoms with E-state index in [1.807, 2.05) is 36.1 Å². The van der Waals surface area contributed by atoms with Crippen LogP contribution in [-0.2, 0) is 9.53 Å². The van der Waals surface area contributed by atoms with E-state index in [9.17, 15) is 4.79 Å². The summed E-state index contributed by atoms with van der Waals surface area (Å²) in [5, 5.41) is 3.35. The van der Waals surface area contributed by atoms with E-state index in [-0.39, 0.29) is 18.1 Å². The van der Waals surface area contributed by atoms with Gasteiger partial charge in [0.05, 0.1) is 13.2 Å². The molecule has 1 aromatic carbocycles. The normalized spacial score (nSPS) is 21.9. The fraction of sp³-hybridized carbons (Fsp3) is 0.562. The highest BCUT2D eigenvalue weighted by atomic mass is 16.5. The van der Waals surface area contributed by atoms with Gasteiger partial charge in [-0.15, -0.1) is 0 Å². The molecule has 2 unspecified atom stereocenters. The number of unbranched alkanes of at least 4 members (excludes halogenated alkanes) is 1. The number of nitrogens with one attached hydrogen (secondary N) is 1. The van der Waals surface area contributed by atoms with Gasteiger partial charge in [-0.2, -0.15) is 0 Å². The van der Waals surface area contributed by atoms with Crippen LogP contribution < -0.4 is 10.1 Å². The minimum Gasteiger partial charge on any atom is -0.497 e. The van der Waals surface area contributed by atoms with E-state index < -0.39 is 0 Å². The number of hydrogen-bond acceptors (Lipinski definition) is 4. The molecule has 0 aromatic heterocycles. The lowest BCUT2D eigenvalue weighted by atomic mass is 10.1. The Balaban J connectivity index is 2.05. The first-order valence-electron chi connectivity index (χ1n) is 7.36. The number of amides is 1. The van der Waals surface area contributed by atoms with Crippen LogP contribution in [0.1, 0.15) is 31.5 Å². The maximum Gasteiger partial charge on any atom is 0.241 e. The Hall–Kier alpha value is -1.59. The lowest BCUT2D eigenvalue weighted by Gasteiger charge is -2.24. The molecule has 5 heteroatoms. The second-order valence-corrected chi connectivity index (χ2v) is 5.30. The minimum absolute atomic E-state index is 0.0547. The Morgan fingerprint density at radius 2 is 1.90 bits per heavy atom. The van der Waals surface area contributed by atoms with Crippen molar-refractivity contribution >= 4 is 5.91 Å². The van der Waals surface area contributed by atoms with Crippen LogP contribution in [0.4, 0.5) is 0 Å². The minimum atomic E-state index is -0.139. The van der Waals surface area contributed by atoms with E-state index in [1.54, 1.807) is 14.2 Å². The van der Waals surface area contributed by atoms with Crippen molar-refractivity contribution in [1.29, 1.82) is 0 Å². The third kappa shape index (κ3) is 3.74. The number of carbonyl (C=O) groups excluding carboxylic acids is 1. The van der Waals surface area contributed by atoms with Gasteiger partial charge in [-0.25, -0.2) is 0 Å². The summed E-state index contributed by atoms with van der Waals surface area (Å²) in [6.45, 7) is 3.39. The fourth-order valence-electron chi connectivity index (χ4n) is 2.60. The lowest BCUT2D eigenvalue weighted by molar-refractivity contribution is -0.129. The van der Waals surface area contributed by atoms with Crippen molar-refractivity contribution in [1.82, 2.24) is 10.2 Å². The Kier molecular flexibility index (Phi) is 5.59. The number of rotatable bonds is 7. The molecular formula is C16H24N2O3. The molecule has 0 spiro atoms. The van der Waals surface area contributed by atoms with Gasteiger partial charge in [0.1, 0.15) is 11.9 Å². The van der Waals surface area contributed by atoms with Crippen LogP contribution in [0.3, 0.4) is 0 Å². The lowest BCUT2D eigenvalue weighted by Crippen LogP contribution is -2.31. The molecule has 1 amide bonds. The third-order valence-corrected chi connectivity index (χ3v) is 3.80. The van der Waals surface area contributed by atoms with Gasteiger partial charge >= 0.3 is 0 Å². The van der Waals surface area contributed by atoms with Gasteiger partial charge in [0.2, 0.25) is 5.91 Å². The van der Waals surface area contributed by atoms with E-state index in [2.05, 4.69) is 5.32 Å². The summed E-state index contributed by atoms with van der Waals surface area (Å²) >= 11 is 0. The summed E-state index contributed by atoms with van der Waals surface area (Å²) in [7, 11) is 3.35. The standard InChI is InChI=1S/C16H24N2O3/c1-12-16(19)18(10-4-5-11-20-2)15(17-12)13-6-8-14(21-3)9-7-13/h6-9,12,15,17H,4-5,10-11H2,1-3H3. The van der Waals surface area contributed by atoms with Crippen molar-refractivity contribution in [3.63, 3.8) is 0 Å². The van der Waals surface area contributed by atoms with E-state index in [0.717, 1.165) is 37.3 Å². The number of ether oxygens (including phenoxy) is 2. The summed E-state index contributed by atoms with van der Waals surface area (Å²) in [6.07, 6.45) is 1.85. The summed E-state index contributed by atoms with van der Waals surface area (Å²) < 4.78 is 10.2. The zero-order valence-electron chi connectivity index (χ0n) is 13.0. The van der Waals surface area contributed by atoms with Gasteiger partial charge < -0.3 is 14.4 Å². The first-order chi connectivity index (χ1) is 10.2. The van der Waals surface area contributed by atoms with E-state index in [0.29, 0.717) is 0 Å². The van der Waals surface area contributed by atoms with Crippen LogP contribution >= 0.6 is 0 Å². The summed E-state index contributed by atoms with van der Waals surface area (Å²) in [4.78, 5) is 14.2. The molecule has 1 heterocycles. The molecule has 1 saturated heterocycles. The predicted octanol–water partition coefficient (Wildman–Crippen LogP) is 1.94. The molecule has 0 bridgehead atoms. The number of carbonyl (C=O) groups is 1. The molecule has 2 rings (SSSR count). The van der Waals surface area contributed by atoms with Crippen molar-refractivity contribution in [2.75, 3.05) is 27.4 Å². The predicted molar refractivity (Wildman–Crippen MR) is 81.2 cm³/mol. The zero-order valence-corrected chi connectivity index (χ0v) is 13.0. The molecule has 0 aliphatic carbocycles. The average Bonchev–Trinajstić information content (AvgIpc) is 2.80. The van der Waals surface area contributed by atoms with Crippen LogP contribution in [0.2, 0.25) is 0 Å². The van der Waals surface area contributed by atoms with Crippen molar-refractivity contribution in [2.45, 2.75) is 32.0 Å². The van der Waals surface area contributed by atoms with Gasteiger partial charge in [0.25, 0.3) is 0 Å².